The predicted molar refractivity (Wildman–Crippen MR) is 127 cm³/mol. The number of carbonyl (C=O) groups excluding carboxylic acids is 3. The van der Waals surface area contributed by atoms with Crippen LogP contribution in [0.2, 0.25) is 0 Å². The van der Waals surface area contributed by atoms with Crippen molar-refractivity contribution in [3.8, 4) is 11.3 Å². The minimum atomic E-state index is -1.16. The molecule has 2 aromatic carbocycles. The van der Waals surface area contributed by atoms with Crippen molar-refractivity contribution in [2.45, 2.75) is 25.8 Å². The van der Waals surface area contributed by atoms with Gasteiger partial charge in [0.15, 0.2) is 5.13 Å². The van der Waals surface area contributed by atoms with E-state index in [4.69, 9.17) is 4.74 Å². The van der Waals surface area contributed by atoms with Crippen molar-refractivity contribution < 1.29 is 19.1 Å². The zero-order valence-corrected chi connectivity index (χ0v) is 19.3. The molecule has 1 aliphatic heterocycles. The number of benzene rings is 2. The molecule has 8 heteroatoms. The molecule has 1 atom stereocenters. The van der Waals surface area contributed by atoms with E-state index in [1.807, 2.05) is 36.4 Å². The third-order valence-corrected chi connectivity index (χ3v) is 6.41. The highest BCUT2D eigenvalue weighted by Gasteiger charge is 2.34. The highest BCUT2D eigenvalue weighted by atomic mass is 32.1. The van der Waals surface area contributed by atoms with Crippen LogP contribution >= 0.6 is 11.3 Å². The molecule has 2 amide bonds. The topological polar surface area (TPSA) is 97.4 Å². The predicted octanol–water partition coefficient (Wildman–Crippen LogP) is 3.91. The fraction of sp³-hybridized carbons (Fsp3) is 0.280. The second-order valence-electron chi connectivity index (χ2n) is 8.39. The van der Waals surface area contributed by atoms with Crippen molar-refractivity contribution in [3.05, 3.63) is 71.1 Å². The number of rotatable bonds is 7. The molecule has 1 aromatic heterocycles. The number of aromatic nitrogens is 1. The van der Waals surface area contributed by atoms with E-state index in [0.717, 1.165) is 16.9 Å². The summed E-state index contributed by atoms with van der Waals surface area (Å²) in [6.07, 6.45) is 0.640. The third kappa shape index (κ3) is 5.18. The number of ketones is 1. The molecule has 1 aliphatic rings. The first-order chi connectivity index (χ1) is 15.8. The maximum absolute atomic E-state index is 13.2. The molecular formula is C25H25N3O4S. The Morgan fingerprint density at radius 1 is 1.03 bits per heavy atom. The summed E-state index contributed by atoms with van der Waals surface area (Å²) in [4.78, 5) is 43.7. The van der Waals surface area contributed by atoms with Crippen molar-refractivity contribution in [1.29, 1.82) is 0 Å². The Bertz CT molecular complexity index is 1150. The van der Waals surface area contributed by atoms with Gasteiger partial charge < -0.3 is 10.1 Å². The van der Waals surface area contributed by atoms with Gasteiger partial charge in [0.2, 0.25) is 11.7 Å². The normalized spacial score (nSPS) is 15.8. The van der Waals surface area contributed by atoms with Crippen molar-refractivity contribution in [2.24, 2.45) is 5.92 Å². The van der Waals surface area contributed by atoms with Gasteiger partial charge in [-0.1, -0.05) is 72.0 Å². The van der Waals surface area contributed by atoms with E-state index < -0.39 is 11.4 Å². The standard InChI is InChI=1S/C25H25N3O4S/c1-25(2,28-22(30)18-13-14-32-15-18)23(31)27-24-26-19(16-9-5-3-6-10-16)21(33-24)20(29)17-11-7-4-8-12-17/h3-12,18H,13-15H2,1-2H3,(H,28,30)(H,26,27,31). The van der Waals surface area contributed by atoms with E-state index >= 15 is 0 Å². The van der Waals surface area contributed by atoms with Crippen LogP contribution in [0.5, 0.6) is 0 Å². The molecule has 4 rings (SSSR count). The van der Waals surface area contributed by atoms with Gasteiger partial charge in [-0.15, -0.1) is 0 Å². The lowest BCUT2D eigenvalue weighted by Crippen LogP contribution is -2.54. The number of amides is 2. The number of hydrogen-bond donors (Lipinski definition) is 2. The van der Waals surface area contributed by atoms with Crippen LogP contribution in [0.4, 0.5) is 5.13 Å². The molecule has 2 N–H and O–H groups in total. The summed E-state index contributed by atoms with van der Waals surface area (Å²) in [6, 6.07) is 18.3. The summed E-state index contributed by atoms with van der Waals surface area (Å²) < 4.78 is 5.26. The first-order valence-corrected chi connectivity index (χ1v) is 11.5. The monoisotopic (exact) mass is 463 g/mol. The molecule has 2 heterocycles. The third-order valence-electron chi connectivity index (χ3n) is 5.44. The van der Waals surface area contributed by atoms with E-state index in [1.54, 1.807) is 38.1 Å². The number of thiazole rings is 1. The second kappa shape index (κ2) is 9.64. The van der Waals surface area contributed by atoms with Gasteiger partial charge in [-0.05, 0) is 20.3 Å². The van der Waals surface area contributed by atoms with Crippen LogP contribution in [0.25, 0.3) is 11.3 Å². The molecule has 3 aromatic rings. The number of anilines is 1. The van der Waals surface area contributed by atoms with Gasteiger partial charge in [-0.2, -0.15) is 0 Å². The Morgan fingerprint density at radius 3 is 2.33 bits per heavy atom. The highest BCUT2D eigenvalue weighted by Crippen LogP contribution is 2.33. The van der Waals surface area contributed by atoms with Crippen LogP contribution in [-0.4, -0.2) is 41.3 Å². The van der Waals surface area contributed by atoms with Crippen molar-refractivity contribution >= 4 is 34.1 Å². The fourth-order valence-corrected chi connectivity index (χ4v) is 4.45. The van der Waals surface area contributed by atoms with Crippen LogP contribution in [0, 0.1) is 5.92 Å². The van der Waals surface area contributed by atoms with Crippen LogP contribution in [0.1, 0.15) is 35.5 Å². The number of hydrogen-bond acceptors (Lipinski definition) is 6. The molecule has 0 saturated carbocycles. The van der Waals surface area contributed by atoms with E-state index in [2.05, 4.69) is 15.6 Å². The molecule has 33 heavy (non-hydrogen) atoms. The van der Waals surface area contributed by atoms with Gasteiger partial charge in [0.1, 0.15) is 10.4 Å². The average Bonchev–Trinajstić information content (AvgIpc) is 3.50. The fourth-order valence-electron chi connectivity index (χ4n) is 3.50. The van der Waals surface area contributed by atoms with Crippen molar-refractivity contribution in [3.63, 3.8) is 0 Å². The lowest BCUT2D eigenvalue weighted by atomic mass is 10.0. The largest absolute Gasteiger partial charge is 0.381 e. The minimum Gasteiger partial charge on any atom is -0.381 e. The summed E-state index contributed by atoms with van der Waals surface area (Å²) >= 11 is 1.12. The molecular weight excluding hydrogens is 438 g/mol. The summed E-state index contributed by atoms with van der Waals surface area (Å²) in [6.45, 7) is 4.18. The summed E-state index contributed by atoms with van der Waals surface area (Å²) in [7, 11) is 0. The van der Waals surface area contributed by atoms with E-state index in [9.17, 15) is 14.4 Å². The zero-order chi connectivity index (χ0) is 23.4. The summed E-state index contributed by atoms with van der Waals surface area (Å²) in [5.74, 6) is -1.04. The number of nitrogens with one attached hydrogen (secondary N) is 2. The number of carbonyl (C=O) groups is 3. The molecule has 1 saturated heterocycles. The summed E-state index contributed by atoms with van der Waals surface area (Å²) in [5, 5.41) is 5.88. The lowest BCUT2D eigenvalue weighted by molar-refractivity contribution is -0.131. The van der Waals surface area contributed by atoms with Gasteiger partial charge in [-0.3, -0.25) is 19.7 Å². The van der Waals surface area contributed by atoms with Gasteiger partial charge in [0, 0.05) is 17.7 Å². The number of nitrogens with zero attached hydrogens (tertiary/aromatic N) is 1. The van der Waals surface area contributed by atoms with Gasteiger partial charge in [-0.25, -0.2) is 4.98 Å². The smallest absolute Gasteiger partial charge is 0.251 e. The maximum Gasteiger partial charge on any atom is 0.251 e. The van der Waals surface area contributed by atoms with E-state index in [0.29, 0.717) is 40.9 Å². The average molecular weight is 464 g/mol. The molecule has 1 unspecified atom stereocenters. The Kier molecular flexibility index (Phi) is 6.67. The minimum absolute atomic E-state index is 0.166. The molecule has 0 aliphatic carbocycles. The SMILES string of the molecule is CC(C)(NC(=O)C1CCOC1)C(=O)Nc1nc(-c2ccccc2)c(C(=O)c2ccccc2)s1. The zero-order valence-electron chi connectivity index (χ0n) is 18.5. The van der Waals surface area contributed by atoms with Crippen LogP contribution in [-0.2, 0) is 14.3 Å². The first kappa shape index (κ1) is 22.8. The second-order valence-corrected chi connectivity index (χ2v) is 9.39. The van der Waals surface area contributed by atoms with E-state index in [-0.39, 0.29) is 17.6 Å². The van der Waals surface area contributed by atoms with Gasteiger partial charge >= 0.3 is 0 Å². The van der Waals surface area contributed by atoms with Gasteiger partial charge in [0.25, 0.3) is 5.91 Å². The molecule has 170 valence electrons. The summed E-state index contributed by atoms with van der Waals surface area (Å²) in [5.41, 5.74) is 0.668. The maximum atomic E-state index is 13.2. The molecule has 1 fully saturated rings. The first-order valence-electron chi connectivity index (χ1n) is 10.7. The Balaban J connectivity index is 1.58. The Hall–Kier alpha value is -3.36. The van der Waals surface area contributed by atoms with E-state index in [1.165, 1.54) is 0 Å². The quantitative estimate of drug-likeness (QED) is 0.518. The molecule has 0 radical (unpaired) electrons. The lowest BCUT2D eigenvalue weighted by Gasteiger charge is -2.25. The van der Waals surface area contributed by atoms with Crippen molar-refractivity contribution in [1.82, 2.24) is 10.3 Å². The molecule has 0 spiro atoms. The molecule has 0 bridgehead atoms. The van der Waals surface area contributed by atoms with Crippen molar-refractivity contribution in [2.75, 3.05) is 18.5 Å². The van der Waals surface area contributed by atoms with Gasteiger partial charge in [0.05, 0.1) is 18.2 Å². The number of ether oxygens (including phenoxy) is 1. The van der Waals surface area contributed by atoms with Crippen LogP contribution in [0.15, 0.2) is 60.7 Å². The highest BCUT2D eigenvalue weighted by molar-refractivity contribution is 7.18. The molecule has 7 nitrogen and oxygen atoms in total. The Labute approximate surface area is 196 Å². The van der Waals surface area contributed by atoms with Crippen LogP contribution < -0.4 is 10.6 Å². The van der Waals surface area contributed by atoms with Crippen LogP contribution in [0.3, 0.4) is 0 Å². The Morgan fingerprint density at radius 2 is 1.70 bits per heavy atom.